The van der Waals surface area contributed by atoms with Gasteiger partial charge in [0.05, 0.1) is 28.8 Å². The van der Waals surface area contributed by atoms with Gasteiger partial charge in [-0.3, -0.25) is 9.52 Å². The Kier molecular flexibility index (Phi) is 7.11. The number of amides is 1. The van der Waals surface area contributed by atoms with Crippen molar-refractivity contribution in [2.45, 2.75) is 11.4 Å². The van der Waals surface area contributed by atoms with Gasteiger partial charge in [0, 0.05) is 24.9 Å². The number of nitrogens with zero attached hydrogens (tertiary/aromatic N) is 2. The molecule has 0 radical (unpaired) electrons. The summed E-state index contributed by atoms with van der Waals surface area (Å²) in [6, 6.07) is 20.0. The number of sulfonamides is 1. The quantitative estimate of drug-likeness (QED) is 0.398. The monoisotopic (exact) mass is 497 g/mol. The molecule has 0 saturated carbocycles. The third-order valence-corrected chi connectivity index (χ3v) is 7.46. The standard InChI is InChI=1S/C24H23N3O5S2/c1-31-14-13-27-21-12-11-19(32-2)16-22(21)33-24(27)25-23(28)17-7-6-8-18(15-17)26-34(29,30)20-9-4-3-5-10-20/h3-12,15-16,26H,13-14H2,1-2H3. The normalized spacial score (nSPS) is 12.1. The van der Waals surface area contributed by atoms with Crippen LogP contribution in [0.15, 0.2) is 82.7 Å². The molecule has 0 atom stereocenters. The summed E-state index contributed by atoms with van der Waals surface area (Å²) in [5.41, 5.74) is 1.46. The number of nitrogens with one attached hydrogen (secondary N) is 1. The van der Waals surface area contributed by atoms with Crippen LogP contribution in [0.5, 0.6) is 5.75 Å². The number of benzene rings is 3. The van der Waals surface area contributed by atoms with E-state index in [-0.39, 0.29) is 16.1 Å². The van der Waals surface area contributed by atoms with Crippen molar-refractivity contribution in [2.75, 3.05) is 25.5 Å². The Labute approximate surface area is 201 Å². The number of rotatable bonds is 8. The number of thiazole rings is 1. The highest BCUT2D eigenvalue weighted by molar-refractivity contribution is 7.92. The van der Waals surface area contributed by atoms with Crippen molar-refractivity contribution < 1.29 is 22.7 Å². The molecule has 8 nitrogen and oxygen atoms in total. The topological polar surface area (TPSA) is 99.0 Å². The van der Waals surface area contributed by atoms with Crippen molar-refractivity contribution in [1.29, 1.82) is 0 Å². The largest absolute Gasteiger partial charge is 0.497 e. The zero-order valence-corrected chi connectivity index (χ0v) is 20.2. The smallest absolute Gasteiger partial charge is 0.279 e. The highest BCUT2D eigenvalue weighted by Crippen LogP contribution is 2.23. The Bertz CT molecular complexity index is 1490. The molecule has 0 saturated heterocycles. The molecular formula is C24H23N3O5S2. The van der Waals surface area contributed by atoms with Crippen LogP contribution >= 0.6 is 11.3 Å². The molecule has 1 aromatic heterocycles. The van der Waals surface area contributed by atoms with E-state index in [0.717, 1.165) is 10.2 Å². The minimum atomic E-state index is -3.78. The Morgan fingerprint density at radius 3 is 2.56 bits per heavy atom. The third-order valence-electron chi connectivity index (χ3n) is 5.02. The zero-order valence-electron chi connectivity index (χ0n) is 18.6. The van der Waals surface area contributed by atoms with Gasteiger partial charge < -0.3 is 14.0 Å². The van der Waals surface area contributed by atoms with Crippen LogP contribution in [-0.4, -0.2) is 39.7 Å². The van der Waals surface area contributed by atoms with Crippen molar-refractivity contribution in [3.63, 3.8) is 0 Å². The SMILES string of the molecule is COCCn1c(=NC(=O)c2cccc(NS(=O)(=O)c3ccccc3)c2)sc2cc(OC)ccc21. The minimum Gasteiger partial charge on any atom is -0.497 e. The molecule has 0 fully saturated rings. The van der Waals surface area contributed by atoms with E-state index < -0.39 is 15.9 Å². The first-order chi connectivity index (χ1) is 16.4. The fourth-order valence-corrected chi connectivity index (χ4v) is 5.50. The number of hydrogen-bond donors (Lipinski definition) is 1. The second-order valence-electron chi connectivity index (χ2n) is 7.28. The maximum atomic E-state index is 13.0. The number of fused-ring (bicyclic) bond motifs is 1. The van der Waals surface area contributed by atoms with Crippen molar-refractivity contribution in [2.24, 2.45) is 4.99 Å². The lowest BCUT2D eigenvalue weighted by Crippen LogP contribution is -2.19. The number of methoxy groups -OCH3 is 2. The van der Waals surface area contributed by atoms with Crippen molar-refractivity contribution in [1.82, 2.24) is 4.57 Å². The minimum absolute atomic E-state index is 0.135. The van der Waals surface area contributed by atoms with Gasteiger partial charge in [-0.05, 0) is 48.5 Å². The summed E-state index contributed by atoms with van der Waals surface area (Å²) < 4.78 is 41.1. The predicted octanol–water partition coefficient (Wildman–Crippen LogP) is 3.90. The molecule has 4 rings (SSSR count). The molecule has 1 amide bonds. The molecule has 10 heteroatoms. The lowest BCUT2D eigenvalue weighted by Gasteiger charge is -2.08. The molecule has 0 bridgehead atoms. The maximum absolute atomic E-state index is 13.0. The average Bonchev–Trinajstić information content (AvgIpc) is 3.18. The third kappa shape index (κ3) is 5.19. The predicted molar refractivity (Wildman–Crippen MR) is 132 cm³/mol. The van der Waals surface area contributed by atoms with Gasteiger partial charge in [-0.15, -0.1) is 0 Å². The van der Waals surface area contributed by atoms with Crippen LogP contribution in [0.3, 0.4) is 0 Å². The fourth-order valence-electron chi connectivity index (χ4n) is 3.35. The number of aromatic nitrogens is 1. The Morgan fingerprint density at radius 2 is 1.82 bits per heavy atom. The summed E-state index contributed by atoms with van der Waals surface area (Å²) in [5, 5.41) is 0. The van der Waals surface area contributed by atoms with Crippen molar-refractivity contribution in [3.05, 3.63) is 83.2 Å². The van der Waals surface area contributed by atoms with Crippen molar-refractivity contribution in [3.8, 4) is 5.75 Å². The summed E-state index contributed by atoms with van der Waals surface area (Å²) in [7, 11) is -0.563. The van der Waals surface area contributed by atoms with E-state index in [1.54, 1.807) is 50.6 Å². The summed E-state index contributed by atoms with van der Waals surface area (Å²) in [6.07, 6.45) is 0. The first-order valence-electron chi connectivity index (χ1n) is 10.3. The fraction of sp³-hybridized carbons (Fsp3) is 0.167. The van der Waals surface area contributed by atoms with Crippen LogP contribution in [0.1, 0.15) is 10.4 Å². The van der Waals surface area contributed by atoms with E-state index >= 15 is 0 Å². The number of anilines is 1. The van der Waals surface area contributed by atoms with Gasteiger partial charge in [-0.1, -0.05) is 35.6 Å². The molecule has 3 aromatic carbocycles. The molecule has 0 aliphatic rings. The second kappa shape index (κ2) is 10.2. The van der Waals surface area contributed by atoms with Gasteiger partial charge in [0.2, 0.25) is 0 Å². The number of carbonyl (C=O) groups is 1. The Hall–Kier alpha value is -3.47. The van der Waals surface area contributed by atoms with E-state index in [9.17, 15) is 13.2 Å². The van der Waals surface area contributed by atoms with Gasteiger partial charge in [0.15, 0.2) is 4.80 Å². The average molecular weight is 498 g/mol. The number of hydrogen-bond acceptors (Lipinski definition) is 6. The second-order valence-corrected chi connectivity index (χ2v) is 9.97. The molecular weight excluding hydrogens is 474 g/mol. The lowest BCUT2D eigenvalue weighted by molar-refractivity contribution is 0.0997. The van der Waals surface area contributed by atoms with E-state index in [1.165, 1.54) is 29.5 Å². The highest BCUT2D eigenvalue weighted by Gasteiger charge is 2.15. The summed E-state index contributed by atoms with van der Waals surface area (Å²) in [5.74, 6) is 0.231. The molecule has 1 heterocycles. The molecule has 176 valence electrons. The zero-order chi connectivity index (χ0) is 24.1. The molecule has 4 aromatic rings. The van der Waals surface area contributed by atoms with Gasteiger partial charge >= 0.3 is 0 Å². The molecule has 0 unspecified atom stereocenters. The van der Waals surface area contributed by atoms with Gasteiger partial charge in [-0.2, -0.15) is 4.99 Å². The summed E-state index contributed by atoms with van der Waals surface area (Å²) in [6.45, 7) is 0.974. The first kappa shape index (κ1) is 23.7. The van der Waals surface area contributed by atoms with Gasteiger partial charge in [0.25, 0.3) is 15.9 Å². The lowest BCUT2D eigenvalue weighted by atomic mass is 10.2. The molecule has 0 aliphatic heterocycles. The van der Waals surface area contributed by atoms with E-state index in [2.05, 4.69) is 9.71 Å². The van der Waals surface area contributed by atoms with E-state index in [1.807, 2.05) is 22.8 Å². The van der Waals surface area contributed by atoms with E-state index in [4.69, 9.17) is 9.47 Å². The highest BCUT2D eigenvalue weighted by atomic mass is 32.2. The van der Waals surface area contributed by atoms with Crippen LogP contribution in [0.4, 0.5) is 5.69 Å². The number of carbonyl (C=O) groups excluding carboxylic acids is 1. The van der Waals surface area contributed by atoms with Crippen LogP contribution in [0.2, 0.25) is 0 Å². The first-order valence-corrected chi connectivity index (χ1v) is 12.6. The van der Waals surface area contributed by atoms with Crippen LogP contribution in [0.25, 0.3) is 10.2 Å². The van der Waals surface area contributed by atoms with Crippen LogP contribution in [-0.2, 0) is 21.3 Å². The molecule has 0 spiro atoms. The summed E-state index contributed by atoms with van der Waals surface area (Å²) in [4.78, 5) is 18.0. The molecule has 0 aliphatic carbocycles. The summed E-state index contributed by atoms with van der Waals surface area (Å²) >= 11 is 1.37. The van der Waals surface area contributed by atoms with E-state index in [0.29, 0.717) is 23.7 Å². The maximum Gasteiger partial charge on any atom is 0.279 e. The number of ether oxygens (including phenoxy) is 2. The Morgan fingerprint density at radius 1 is 1.03 bits per heavy atom. The van der Waals surface area contributed by atoms with Gasteiger partial charge in [0.1, 0.15) is 5.75 Å². The van der Waals surface area contributed by atoms with Crippen molar-refractivity contribution >= 4 is 43.2 Å². The molecule has 34 heavy (non-hydrogen) atoms. The van der Waals surface area contributed by atoms with Gasteiger partial charge in [-0.25, -0.2) is 8.42 Å². The molecule has 1 N–H and O–H groups in total. The van der Waals surface area contributed by atoms with Crippen LogP contribution in [0, 0.1) is 0 Å². The Balaban J connectivity index is 1.68. The van der Waals surface area contributed by atoms with Crippen LogP contribution < -0.4 is 14.3 Å².